The van der Waals surface area contributed by atoms with Gasteiger partial charge in [0.25, 0.3) is 0 Å². The second kappa shape index (κ2) is 10.3. The van der Waals surface area contributed by atoms with Crippen LogP contribution in [-0.2, 0) is 32.6 Å². The molecule has 1 aromatic carbocycles. The third-order valence-corrected chi connectivity index (χ3v) is 7.95. The van der Waals surface area contributed by atoms with Crippen LogP contribution in [0.5, 0.6) is 0 Å². The van der Waals surface area contributed by atoms with Gasteiger partial charge in [-0.15, -0.1) is 5.69 Å². The molecule has 0 spiro atoms. The molecule has 0 heterocycles. The average molecular weight is 453 g/mol. The minimum Gasteiger partial charge on any atom is -1.00 e. The Labute approximate surface area is 181 Å². The van der Waals surface area contributed by atoms with Crippen LogP contribution in [0.1, 0.15) is 47.6 Å². The summed E-state index contributed by atoms with van der Waals surface area (Å²) >= 11 is 0. The normalized spacial score (nSPS) is 14.4. The molecule has 1 aliphatic carbocycles. The van der Waals surface area contributed by atoms with E-state index in [0.29, 0.717) is 0 Å². The van der Waals surface area contributed by atoms with Gasteiger partial charge in [-0.05, 0) is 57.2 Å². The van der Waals surface area contributed by atoms with Gasteiger partial charge >= 0.3 is 26.2 Å². The molecule has 0 radical (unpaired) electrons. The van der Waals surface area contributed by atoms with Crippen molar-refractivity contribution in [2.24, 2.45) is 0 Å². The first kappa shape index (κ1) is 24.9. The minimum atomic E-state index is -0.972. The summed E-state index contributed by atoms with van der Waals surface area (Å²) in [7, 11) is -0.972. The molecule has 0 bridgehead atoms. The van der Waals surface area contributed by atoms with Crippen LogP contribution < -0.4 is 12.4 Å². The summed E-state index contributed by atoms with van der Waals surface area (Å²) in [6, 6.07) is 0. The Hall–Kier alpha value is -0.110. The van der Waals surface area contributed by atoms with Crippen LogP contribution in [0.15, 0.2) is 24.3 Å². The van der Waals surface area contributed by atoms with Gasteiger partial charge in [0.2, 0.25) is 0 Å². The van der Waals surface area contributed by atoms with E-state index in [2.05, 4.69) is 72.0 Å². The molecule has 0 saturated heterocycles. The van der Waals surface area contributed by atoms with E-state index in [1.54, 1.807) is 5.56 Å². The van der Waals surface area contributed by atoms with Gasteiger partial charge in [0.1, 0.15) is 0 Å². The smallest absolute Gasteiger partial charge is 1.00 e. The molecule has 1 aliphatic rings. The monoisotopic (exact) mass is 451 g/mol. The first-order chi connectivity index (χ1) is 10.8. The SMILES string of the molecule is CCCCc1c(C)c(C)c([N-]C2([SiH](C)C)C=CC=C2)c(C)c1C.[Cl-].[Zr+2]. The van der Waals surface area contributed by atoms with Gasteiger partial charge in [-0.25, -0.2) is 0 Å². The summed E-state index contributed by atoms with van der Waals surface area (Å²) in [6.45, 7) is 16.1. The number of hydrogen-bond donors (Lipinski definition) is 0. The van der Waals surface area contributed by atoms with Gasteiger partial charge in [0.05, 0.1) is 0 Å². The zero-order chi connectivity index (χ0) is 17.2. The molecule has 25 heavy (non-hydrogen) atoms. The van der Waals surface area contributed by atoms with Gasteiger partial charge in [-0.3, -0.25) is 0 Å². The molecule has 0 fully saturated rings. The first-order valence-electron chi connectivity index (χ1n) is 9.03. The maximum Gasteiger partial charge on any atom is 2.00 e. The van der Waals surface area contributed by atoms with E-state index >= 15 is 0 Å². The number of hydrogen-bond acceptors (Lipinski definition) is 0. The zero-order valence-corrected chi connectivity index (χ0v) is 21.2. The van der Waals surface area contributed by atoms with Crippen molar-refractivity contribution in [1.29, 1.82) is 0 Å². The Bertz CT molecular complexity index is 609. The maximum absolute atomic E-state index is 5.32. The fourth-order valence-corrected chi connectivity index (χ4v) is 4.90. The van der Waals surface area contributed by atoms with Crippen LogP contribution in [0.3, 0.4) is 0 Å². The van der Waals surface area contributed by atoms with Crippen molar-refractivity contribution in [3.63, 3.8) is 0 Å². The van der Waals surface area contributed by atoms with Crippen molar-refractivity contribution in [2.75, 3.05) is 0 Å². The molecule has 0 amide bonds. The molecular weight excluding hydrogens is 421 g/mol. The molecule has 0 aliphatic heterocycles. The molecule has 2 rings (SSSR count). The number of benzene rings is 1. The van der Waals surface area contributed by atoms with Gasteiger partial charge < -0.3 is 17.7 Å². The average Bonchev–Trinajstić information content (AvgIpc) is 3.00. The summed E-state index contributed by atoms with van der Waals surface area (Å²) in [5, 5.41) is 5.28. The maximum atomic E-state index is 5.32. The van der Waals surface area contributed by atoms with E-state index < -0.39 is 8.80 Å². The van der Waals surface area contributed by atoms with Crippen LogP contribution >= 0.6 is 0 Å². The number of rotatable bonds is 6. The third-order valence-electron chi connectivity index (χ3n) is 5.59. The van der Waals surface area contributed by atoms with Crippen LogP contribution in [0.2, 0.25) is 13.1 Å². The molecule has 1 nitrogen and oxygen atoms in total. The summed E-state index contributed by atoms with van der Waals surface area (Å²) in [5.74, 6) is 0. The topological polar surface area (TPSA) is 14.1 Å². The molecule has 0 saturated carbocycles. The fraction of sp³-hybridized carbons (Fsp3) is 0.524. The Balaban J connectivity index is 0.00000288. The van der Waals surface area contributed by atoms with Gasteiger partial charge in [-0.2, -0.15) is 0 Å². The van der Waals surface area contributed by atoms with Crippen molar-refractivity contribution in [1.82, 2.24) is 0 Å². The first-order valence-corrected chi connectivity index (χ1v) is 11.9. The number of halogens is 1. The van der Waals surface area contributed by atoms with Crippen molar-refractivity contribution in [3.8, 4) is 0 Å². The van der Waals surface area contributed by atoms with Crippen molar-refractivity contribution >= 4 is 14.5 Å². The fourth-order valence-electron chi connectivity index (χ4n) is 3.52. The van der Waals surface area contributed by atoms with E-state index in [4.69, 9.17) is 5.32 Å². The standard InChI is InChI=1S/C21H32NSi.ClH.Zr/c1-8-9-12-19-15(2)17(4)20(18(5)16(19)3)22-21(23(6)7)13-10-11-14-21;;/h10-11,13-14,23H,8-9,12H2,1-7H3;1H;/q-1;;+2/p-1. The van der Waals surface area contributed by atoms with Crippen LogP contribution in [0.25, 0.3) is 5.32 Å². The molecule has 0 aromatic heterocycles. The molecule has 0 atom stereocenters. The largest absolute Gasteiger partial charge is 2.00 e. The zero-order valence-electron chi connectivity index (χ0n) is 16.8. The van der Waals surface area contributed by atoms with E-state index in [9.17, 15) is 0 Å². The Kier molecular flexibility index (Phi) is 10.2. The molecule has 4 heteroatoms. The minimum absolute atomic E-state index is 0. The van der Waals surface area contributed by atoms with Gasteiger partial charge in [-0.1, -0.05) is 67.0 Å². The number of nitrogens with zero attached hydrogens (tertiary/aromatic N) is 1. The van der Waals surface area contributed by atoms with Gasteiger partial charge in [0, 0.05) is 8.80 Å². The third kappa shape index (κ3) is 4.99. The van der Waals surface area contributed by atoms with Crippen LogP contribution in [0, 0.1) is 27.7 Å². The predicted octanol–water partition coefficient (Wildman–Crippen LogP) is 3.16. The Morgan fingerprint density at radius 1 is 0.920 bits per heavy atom. The van der Waals surface area contributed by atoms with E-state index in [-0.39, 0.29) is 43.8 Å². The molecule has 0 unspecified atom stereocenters. The molecule has 1 aromatic rings. The molecule has 0 N–H and O–H groups in total. The quantitative estimate of drug-likeness (QED) is 0.588. The van der Waals surface area contributed by atoms with E-state index in [0.717, 1.165) is 0 Å². The van der Waals surface area contributed by atoms with E-state index in [1.807, 2.05) is 0 Å². The molecule has 136 valence electrons. The second-order valence-corrected chi connectivity index (χ2v) is 10.5. The van der Waals surface area contributed by atoms with Gasteiger partial charge in [0.15, 0.2) is 0 Å². The Morgan fingerprint density at radius 3 is 1.80 bits per heavy atom. The van der Waals surface area contributed by atoms with Crippen LogP contribution in [0.4, 0.5) is 5.69 Å². The Morgan fingerprint density at radius 2 is 1.40 bits per heavy atom. The summed E-state index contributed by atoms with van der Waals surface area (Å²) < 4.78 is 0. The number of unbranched alkanes of at least 4 members (excludes halogenated alkanes) is 1. The van der Waals surface area contributed by atoms with Crippen LogP contribution in [-0.4, -0.2) is 14.0 Å². The van der Waals surface area contributed by atoms with Crippen molar-refractivity contribution in [3.05, 3.63) is 57.4 Å². The van der Waals surface area contributed by atoms with Crippen molar-refractivity contribution in [2.45, 2.75) is 72.1 Å². The second-order valence-electron chi connectivity index (χ2n) is 7.30. The van der Waals surface area contributed by atoms with Crippen molar-refractivity contribution < 1.29 is 38.6 Å². The summed E-state index contributed by atoms with van der Waals surface area (Å²) in [4.78, 5) is 0. The molecular formula is C21H32ClNSiZr. The summed E-state index contributed by atoms with van der Waals surface area (Å²) in [6.07, 6.45) is 12.6. The number of allylic oxidation sites excluding steroid dienone is 2. The van der Waals surface area contributed by atoms with E-state index in [1.165, 1.54) is 47.2 Å². The predicted molar refractivity (Wildman–Crippen MR) is 107 cm³/mol. The summed E-state index contributed by atoms with van der Waals surface area (Å²) in [5.41, 5.74) is 8.44.